The van der Waals surface area contributed by atoms with Gasteiger partial charge in [-0.25, -0.2) is 0 Å². The van der Waals surface area contributed by atoms with Crippen molar-refractivity contribution in [1.82, 2.24) is 15.1 Å². The van der Waals surface area contributed by atoms with Gasteiger partial charge in [-0.1, -0.05) is 6.42 Å². The summed E-state index contributed by atoms with van der Waals surface area (Å²) in [5.41, 5.74) is 3.67. The Labute approximate surface area is 151 Å². The van der Waals surface area contributed by atoms with Gasteiger partial charge in [-0.2, -0.15) is 5.10 Å². The predicted molar refractivity (Wildman–Crippen MR) is 99.2 cm³/mol. The number of nitrogens with zero attached hydrogens (tertiary/aromatic N) is 2. The molecule has 2 aromatic heterocycles. The molecule has 7 heteroatoms. The zero-order valence-electron chi connectivity index (χ0n) is 14.9. The van der Waals surface area contributed by atoms with Gasteiger partial charge >= 0.3 is 0 Å². The van der Waals surface area contributed by atoms with Crippen molar-refractivity contribution in [2.75, 3.05) is 11.9 Å². The summed E-state index contributed by atoms with van der Waals surface area (Å²) in [6, 6.07) is 1.99. The largest absolute Gasteiger partial charge is 0.342 e. The molecule has 0 fully saturated rings. The molecule has 2 N–H and O–H groups in total. The SMILES string of the molecule is Cc1nn(C)c(C)c1NC(=O)CNC(=O)c1cc2c(s1)CCCCC2. The van der Waals surface area contributed by atoms with Gasteiger partial charge in [0, 0.05) is 11.9 Å². The third-order valence-corrected chi connectivity index (χ3v) is 5.89. The van der Waals surface area contributed by atoms with Gasteiger partial charge in [0.05, 0.1) is 28.5 Å². The zero-order chi connectivity index (χ0) is 18.0. The molecule has 0 unspecified atom stereocenters. The van der Waals surface area contributed by atoms with Crippen LogP contribution in [-0.2, 0) is 24.7 Å². The Morgan fingerprint density at radius 3 is 2.72 bits per heavy atom. The van der Waals surface area contributed by atoms with Gasteiger partial charge < -0.3 is 10.6 Å². The third-order valence-electron chi connectivity index (χ3n) is 4.65. The number of hydrogen-bond acceptors (Lipinski definition) is 4. The van der Waals surface area contributed by atoms with Crippen molar-refractivity contribution in [1.29, 1.82) is 0 Å². The van der Waals surface area contributed by atoms with Crippen LogP contribution in [0, 0.1) is 13.8 Å². The van der Waals surface area contributed by atoms with E-state index in [4.69, 9.17) is 0 Å². The summed E-state index contributed by atoms with van der Waals surface area (Å²) in [5, 5.41) is 9.82. The molecule has 1 aliphatic carbocycles. The van der Waals surface area contributed by atoms with E-state index in [2.05, 4.69) is 15.7 Å². The first-order chi connectivity index (χ1) is 12.0. The minimum absolute atomic E-state index is 0.0465. The molecular formula is C18H24N4O2S. The average Bonchev–Trinajstić information content (AvgIpc) is 2.99. The molecule has 2 amide bonds. The molecule has 134 valence electrons. The number of thiophene rings is 1. The lowest BCUT2D eigenvalue weighted by molar-refractivity contribution is -0.115. The normalized spacial score (nSPS) is 13.9. The highest BCUT2D eigenvalue weighted by molar-refractivity contribution is 7.14. The lowest BCUT2D eigenvalue weighted by atomic mass is 10.1. The standard InChI is InChI=1S/C18H24N4O2S/c1-11-17(12(2)22(3)21-11)20-16(23)10-19-18(24)15-9-13-7-5-4-6-8-14(13)25-15/h9H,4-8,10H2,1-3H3,(H,19,24)(H,20,23). The van der Waals surface area contributed by atoms with Crippen molar-refractivity contribution in [3.05, 3.63) is 32.8 Å². The van der Waals surface area contributed by atoms with Crippen LogP contribution >= 0.6 is 11.3 Å². The summed E-state index contributed by atoms with van der Waals surface area (Å²) in [4.78, 5) is 26.5. The van der Waals surface area contributed by atoms with Crippen LogP contribution in [0.15, 0.2) is 6.07 Å². The number of anilines is 1. The zero-order valence-corrected chi connectivity index (χ0v) is 15.8. The Morgan fingerprint density at radius 2 is 2.00 bits per heavy atom. The summed E-state index contributed by atoms with van der Waals surface area (Å²) < 4.78 is 1.72. The highest BCUT2D eigenvalue weighted by atomic mass is 32.1. The fraction of sp³-hybridized carbons (Fsp3) is 0.500. The van der Waals surface area contributed by atoms with Crippen molar-refractivity contribution >= 4 is 28.8 Å². The van der Waals surface area contributed by atoms with Gasteiger partial charge in [-0.3, -0.25) is 14.3 Å². The Hall–Kier alpha value is -2.15. The Bertz CT molecular complexity index is 783. The van der Waals surface area contributed by atoms with Crippen LogP contribution in [0.3, 0.4) is 0 Å². The first kappa shape index (κ1) is 17.7. The molecule has 0 aromatic carbocycles. The van der Waals surface area contributed by atoms with Crippen LogP contribution in [0.5, 0.6) is 0 Å². The van der Waals surface area contributed by atoms with Crippen LogP contribution in [0.2, 0.25) is 0 Å². The predicted octanol–water partition coefficient (Wildman–Crippen LogP) is 2.74. The van der Waals surface area contributed by atoms with Crippen LogP contribution in [0.25, 0.3) is 0 Å². The summed E-state index contributed by atoms with van der Waals surface area (Å²) in [5.74, 6) is -0.418. The van der Waals surface area contributed by atoms with Crippen molar-refractivity contribution in [3.8, 4) is 0 Å². The van der Waals surface area contributed by atoms with Crippen LogP contribution < -0.4 is 10.6 Å². The molecule has 1 aliphatic rings. The number of amides is 2. The van der Waals surface area contributed by atoms with E-state index in [1.807, 2.05) is 27.0 Å². The van der Waals surface area contributed by atoms with E-state index in [9.17, 15) is 9.59 Å². The molecule has 3 rings (SSSR count). The maximum atomic E-state index is 12.3. The first-order valence-electron chi connectivity index (χ1n) is 8.65. The second-order valence-electron chi connectivity index (χ2n) is 6.52. The molecule has 0 radical (unpaired) electrons. The van der Waals surface area contributed by atoms with Crippen LogP contribution in [-0.4, -0.2) is 28.1 Å². The molecule has 0 bridgehead atoms. The molecule has 0 saturated heterocycles. The fourth-order valence-electron chi connectivity index (χ4n) is 3.17. The second kappa shape index (κ2) is 7.39. The quantitative estimate of drug-likeness (QED) is 0.823. The Kier molecular flexibility index (Phi) is 5.22. The number of fused-ring (bicyclic) bond motifs is 1. The number of carbonyl (C=O) groups excluding carboxylic acids is 2. The highest BCUT2D eigenvalue weighted by Gasteiger charge is 2.18. The van der Waals surface area contributed by atoms with E-state index in [1.54, 1.807) is 16.0 Å². The first-order valence-corrected chi connectivity index (χ1v) is 9.47. The third kappa shape index (κ3) is 3.92. The van der Waals surface area contributed by atoms with Gasteiger partial charge in [-0.05, 0) is 51.2 Å². The number of carbonyl (C=O) groups is 2. The molecule has 2 aromatic rings. The van der Waals surface area contributed by atoms with E-state index in [-0.39, 0.29) is 18.4 Å². The van der Waals surface area contributed by atoms with Crippen LogP contribution in [0.4, 0.5) is 5.69 Å². The molecule has 0 saturated carbocycles. The summed E-state index contributed by atoms with van der Waals surface area (Å²) >= 11 is 1.56. The van der Waals surface area contributed by atoms with Gasteiger partial charge in [0.25, 0.3) is 5.91 Å². The fourth-order valence-corrected chi connectivity index (χ4v) is 4.34. The summed E-state index contributed by atoms with van der Waals surface area (Å²) in [6.07, 6.45) is 5.76. The van der Waals surface area contributed by atoms with E-state index < -0.39 is 0 Å². The van der Waals surface area contributed by atoms with E-state index >= 15 is 0 Å². The van der Waals surface area contributed by atoms with Crippen molar-refractivity contribution in [3.63, 3.8) is 0 Å². The van der Waals surface area contributed by atoms with Gasteiger partial charge in [0.15, 0.2) is 0 Å². The number of aryl methyl sites for hydroxylation is 4. The highest BCUT2D eigenvalue weighted by Crippen LogP contribution is 2.28. The van der Waals surface area contributed by atoms with Gasteiger partial charge in [-0.15, -0.1) is 11.3 Å². The van der Waals surface area contributed by atoms with Crippen LogP contribution in [0.1, 0.15) is 50.8 Å². The Balaban J connectivity index is 1.58. The molecule has 6 nitrogen and oxygen atoms in total. The summed E-state index contributed by atoms with van der Waals surface area (Å²) in [6.45, 7) is 3.70. The topological polar surface area (TPSA) is 76.0 Å². The number of rotatable bonds is 4. The average molecular weight is 360 g/mol. The summed E-state index contributed by atoms with van der Waals surface area (Å²) in [7, 11) is 1.83. The minimum Gasteiger partial charge on any atom is -0.342 e. The molecule has 25 heavy (non-hydrogen) atoms. The molecule has 0 atom stereocenters. The van der Waals surface area contributed by atoms with Crippen molar-refractivity contribution < 1.29 is 9.59 Å². The minimum atomic E-state index is -0.245. The van der Waals surface area contributed by atoms with Crippen molar-refractivity contribution in [2.24, 2.45) is 7.05 Å². The molecular weight excluding hydrogens is 336 g/mol. The molecule has 0 spiro atoms. The van der Waals surface area contributed by atoms with E-state index in [0.717, 1.165) is 24.2 Å². The smallest absolute Gasteiger partial charge is 0.261 e. The van der Waals surface area contributed by atoms with Gasteiger partial charge in [0.1, 0.15) is 0 Å². The second-order valence-corrected chi connectivity index (χ2v) is 7.66. The monoisotopic (exact) mass is 360 g/mol. The number of nitrogens with one attached hydrogen (secondary N) is 2. The van der Waals surface area contributed by atoms with Gasteiger partial charge in [0.2, 0.25) is 5.91 Å². The Morgan fingerprint density at radius 1 is 1.24 bits per heavy atom. The van der Waals surface area contributed by atoms with Crippen molar-refractivity contribution in [2.45, 2.75) is 46.0 Å². The molecule has 0 aliphatic heterocycles. The van der Waals surface area contributed by atoms with E-state index in [1.165, 1.54) is 29.7 Å². The van der Waals surface area contributed by atoms with E-state index in [0.29, 0.717) is 10.6 Å². The number of aromatic nitrogens is 2. The number of hydrogen-bond donors (Lipinski definition) is 2. The maximum absolute atomic E-state index is 12.3. The maximum Gasteiger partial charge on any atom is 0.261 e. The molecule has 2 heterocycles. The lowest BCUT2D eigenvalue weighted by Crippen LogP contribution is -2.32. The lowest BCUT2D eigenvalue weighted by Gasteiger charge is -2.06.